The summed E-state index contributed by atoms with van der Waals surface area (Å²) in [6.07, 6.45) is 6.18. The molecule has 1 unspecified atom stereocenters. The fraction of sp³-hybridized carbons (Fsp3) is 0.273. The van der Waals surface area contributed by atoms with Crippen LogP contribution in [0.4, 0.5) is 0 Å². The number of aromatic nitrogens is 3. The van der Waals surface area contributed by atoms with Gasteiger partial charge in [-0.25, -0.2) is 0 Å². The van der Waals surface area contributed by atoms with Crippen molar-refractivity contribution >= 4 is 28.7 Å². The molecular weight excluding hydrogens is 364 g/mol. The summed E-state index contributed by atoms with van der Waals surface area (Å²) in [5, 5.41) is 12.5. The Hall–Kier alpha value is -3.48. The Morgan fingerprint density at radius 1 is 1.17 bits per heavy atom. The van der Waals surface area contributed by atoms with Gasteiger partial charge in [-0.3, -0.25) is 19.5 Å². The van der Waals surface area contributed by atoms with Gasteiger partial charge in [-0.15, -0.1) is 0 Å². The van der Waals surface area contributed by atoms with Crippen molar-refractivity contribution < 1.29 is 4.79 Å². The Kier molecular flexibility index (Phi) is 3.56. The fourth-order valence-electron chi connectivity index (χ4n) is 4.44. The van der Waals surface area contributed by atoms with E-state index in [0.717, 1.165) is 70.5 Å². The number of allylic oxidation sites excluding steroid dienone is 1. The molecule has 0 fully saturated rings. The molecule has 0 saturated heterocycles. The van der Waals surface area contributed by atoms with E-state index in [1.54, 1.807) is 0 Å². The summed E-state index contributed by atoms with van der Waals surface area (Å²) in [5.41, 5.74) is 6.78. The molecule has 3 aliphatic rings. The van der Waals surface area contributed by atoms with Crippen molar-refractivity contribution in [1.29, 1.82) is 0 Å². The lowest BCUT2D eigenvalue weighted by atomic mass is 9.91. The largest absolute Gasteiger partial charge is 0.358 e. The maximum Gasteiger partial charge on any atom is 0.269 e. The number of hydrogen-bond acceptors (Lipinski definition) is 5. The van der Waals surface area contributed by atoms with Gasteiger partial charge < -0.3 is 10.6 Å². The lowest BCUT2D eigenvalue weighted by Crippen LogP contribution is -2.28. The molecule has 7 heteroatoms. The number of pyridine rings is 1. The number of fused-ring (bicyclic) bond motifs is 5. The minimum absolute atomic E-state index is 0.0138. The summed E-state index contributed by atoms with van der Waals surface area (Å²) in [7, 11) is 0. The van der Waals surface area contributed by atoms with Crippen LogP contribution in [0.2, 0.25) is 0 Å². The van der Waals surface area contributed by atoms with Gasteiger partial charge in [0.2, 0.25) is 0 Å². The van der Waals surface area contributed by atoms with Crippen LogP contribution in [0.5, 0.6) is 0 Å². The Bertz CT molecular complexity index is 1220. The molecule has 29 heavy (non-hydrogen) atoms. The van der Waals surface area contributed by atoms with Crippen molar-refractivity contribution in [3.8, 4) is 0 Å². The molecule has 144 valence electrons. The fourth-order valence-corrected chi connectivity index (χ4v) is 4.44. The van der Waals surface area contributed by atoms with Crippen LogP contribution in [0.1, 0.15) is 46.3 Å². The number of benzene rings is 1. The predicted molar refractivity (Wildman–Crippen MR) is 111 cm³/mol. The van der Waals surface area contributed by atoms with E-state index in [9.17, 15) is 4.79 Å². The Balaban J connectivity index is 1.39. The zero-order chi connectivity index (χ0) is 19.4. The number of para-hydroxylation sites is 1. The number of carbonyl (C=O) groups excluding carboxylic acids is 1. The van der Waals surface area contributed by atoms with Gasteiger partial charge in [0.1, 0.15) is 17.6 Å². The minimum atomic E-state index is -0.216. The number of aryl methyl sites for hydroxylation is 1. The molecule has 7 nitrogen and oxygen atoms in total. The highest BCUT2D eigenvalue weighted by Crippen LogP contribution is 2.35. The molecular formula is C22H20N6O. The normalized spacial score (nSPS) is 20.4. The van der Waals surface area contributed by atoms with E-state index in [0.29, 0.717) is 6.54 Å². The van der Waals surface area contributed by atoms with Gasteiger partial charge in [-0.2, -0.15) is 5.10 Å². The van der Waals surface area contributed by atoms with E-state index in [1.165, 1.54) is 0 Å². The number of carbonyl (C=O) groups is 1. The van der Waals surface area contributed by atoms with Crippen LogP contribution in [-0.2, 0) is 13.0 Å². The highest BCUT2D eigenvalue weighted by atomic mass is 16.2. The van der Waals surface area contributed by atoms with Gasteiger partial charge in [0.15, 0.2) is 0 Å². The SMILES string of the molecule is O=C1NCCCn2nc3c(c21)CCC1=C3NC(c2cnc3ccccc3c2)N=C1. The first-order valence-electron chi connectivity index (χ1n) is 10.0. The first-order chi connectivity index (χ1) is 14.3. The zero-order valence-electron chi connectivity index (χ0n) is 15.9. The van der Waals surface area contributed by atoms with Gasteiger partial charge in [0, 0.05) is 42.0 Å². The molecule has 6 rings (SSSR count). The third-order valence-electron chi connectivity index (χ3n) is 5.89. The van der Waals surface area contributed by atoms with E-state index < -0.39 is 0 Å². The van der Waals surface area contributed by atoms with Crippen LogP contribution in [0.25, 0.3) is 16.6 Å². The van der Waals surface area contributed by atoms with E-state index in [2.05, 4.69) is 27.8 Å². The van der Waals surface area contributed by atoms with Crippen molar-refractivity contribution in [2.24, 2.45) is 4.99 Å². The Morgan fingerprint density at radius 2 is 2.10 bits per heavy atom. The van der Waals surface area contributed by atoms with Crippen molar-refractivity contribution in [2.75, 3.05) is 6.54 Å². The summed E-state index contributed by atoms with van der Waals surface area (Å²) in [4.78, 5) is 21.9. The summed E-state index contributed by atoms with van der Waals surface area (Å²) in [5.74, 6) is -0.0138. The molecule has 0 radical (unpaired) electrons. The lowest BCUT2D eigenvalue weighted by Gasteiger charge is -2.27. The number of amides is 1. The maximum absolute atomic E-state index is 12.6. The topological polar surface area (TPSA) is 84.2 Å². The lowest BCUT2D eigenvalue weighted by molar-refractivity contribution is 0.0949. The van der Waals surface area contributed by atoms with E-state index >= 15 is 0 Å². The van der Waals surface area contributed by atoms with Crippen LogP contribution in [-0.4, -0.2) is 33.4 Å². The molecule has 3 aromatic rings. The van der Waals surface area contributed by atoms with Crippen molar-refractivity contribution in [2.45, 2.75) is 32.0 Å². The molecule has 2 aromatic heterocycles. The summed E-state index contributed by atoms with van der Waals surface area (Å²) < 4.78 is 1.88. The molecule has 0 bridgehead atoms. The van der Waals surface area contributed by atoms with Crippen LogP contribution >= 0.6 is 0 Å². The van der Waals surface area contributed by atoms with E-state index in [4.69, 9.17) is 10.1 Å². The summed E-state index contributed by atoms with van der Waals surface area (Å²) in [6, 6.07) is 10.2. The maximum atomic E-state index is 12.6. The first kappa shape index (κ1) is 16.5. The molecule has 1 aromatic carbocycles. The quantitative estimate of drug-likeness (QED) is 0.675. The second-order valence-corrected chi connectivity index (χ2v) is 7.69. The van der Waals surface area contributed by atoms with E-state index in [1.807, 2.05) is 35.3 Å². The number of rotatable bonds is 1. The summed E-state index contributed by atoms with van der Waals surface area (Å²) >= 11 is 0. The van der Waals surface area contributed by atoms with Crippen LogP contribution in [0.3, 0.4) is 0 Å². The third kappa shape index (κ3) is 2.57. The van der Waals surface area contributed by atoms with E-state index in [-0.39, 0.29) is 12.1 Å². The van der Waals surface area contributed by atoms with Crippen LogP contribution in [0, 0.1) is 0 Å². The molecule has 0 saturated carbocycles. The molecule has 1 aliphatic carbocycles. The second-order valence-electron chi connectivity index (χ2n) is 7.69. The first-order valence-corrected chi connectivity index (χ1v) is 10.0. The molecule has 4 heterocycles. The van der Waals surface area contributed by atoms with Crippen LogP contribution < -0.4 is 10.6 Å². The number of nitrogens with one attached hydrogen (secondary N) is 2. The highest BCUT2D eigenvalue weighted by molar-refractivity contribution is 5.98. The Labute approximate surface area is 167 Å². The van der Waals surface area contributed by atoms with Crippen LogP contribution in [0.15, 0.2) is 47.1 Å². The average molecular weight is 384 g/mol. The molecule has 1 atom stereocenters. The smallest absolute Gasteiger partial charge is 0.269 e. The average Bonchev–Trinajstić information content (AvgIpc) is 3.05. The standard InChI is InChI=1S/C22H20N6O/c29-22-20-16-7-6-14-11-25-21(15-10-13-4-1-2-5-17(13)24-12-15)26-18(14)19(16)27-28(20)9-3-8-23-22/h1-2,4-5,10-12,21,26H,3,6-9H2,(H,23,29). The monoisotopic (exact) mass is 384 g/mol. The second kappa shape index (κ2) is 6.27. The molecule has 2 N–H and O–H groups in total. The van der Waals surface area contributed by atoms with Crippen molar-refractivity contribution in [1.82, 2.24) is 25.4 Å². The molecule has 0 spiro atoms. The minimum Gasteiger partial charge on any atom is -0.358 e. The van der Waals surface area contributed by atoms with Gasteiger partial charge in [-0.1, -0.05) is 18.2 Å². The highest BCUT2D eigenvalue weighted by Gasteiger charge is 2.32. The number of nitrogens with zero attached hydrogens (tertiary/aromatic N) is 4. The van der Waals surface area contributed by atoms with Gasteiger partial charge >= 0.3 is 0 Å². The van der Waals surface area contributed by atoms with Gasteiger partial charge in [0.05, 0.1) is 11.2 Å². The van der Waals surface area contributed by atoms with Gasteiger partial charge in [-0.05, 0) is 37.0 Å². The zero-order valence-corrected chi connectivity index (χ0v) is 15.9. The van der Waals surface area contributed by atoms with Gasteiger partial charge in [0.25, 0.3) is 5.91 Å². The third-order valence-corrected chi connectivity index (χ3v) is 5.89. The molecule has 2 aliphatic heterocycles. The van der Waals surface area contributed by atoms with Crippen molar-refractivity contribution in [3.05, 3.63) is 64.6 Å². The molecule has 1 amide bonds. The number of aliphatic imine (C=N–C) groups is 1. The Morgan fingerprint density at radius 3 is 3.07 bits per heavy atom. The predicted octanol–water partition coefficient (Wildman–Crippen LogP) is 2.59. The summed E-state index contributed by atoms with van der Waals surface area (Å²) in [6.45, 7) is 1.46. The number of hydrogen-bond donors (Lipinski definition) is 2. The van der Waals surface area contributed by atoms with Crippen molar-refractivity contribution in [3.63, 3.8) is 0 Å².